The number of thiophene rings is 1. The molecule has 0 atom stereocenters. The number of aryl methyl sites for hydroxylation is 2. The molecule has 0 fully saturated rings. The molecule has 0 aliphatic rings. The monoisotopic (exact) mass is 299 g/mol. The third kappa shape index (κ3) is 2.85. The van der Waals surface area contributed by atoms with Crippen molar-refractivity contribution in [2.45, 2.75) is 13.8 Å². The van der Waals surface area contributed by atoms with Gasteiger partial charge in [0.1, 0.15) is 0 Å². The molecule has 1 N–H and O–H groups in total. The van der Waals surface area contributed by atoms with E-state index >= 15 is 0 Å². The Morgan fingerprint density at radius 2 is 2.05 bits per heavy atom. The van der Waals surface area contributed by atoms with Crippen LogP contribution >= 0.6 is 11.3 Å². The van der Waals surface area contributed by atoms with Gasteiger partial charge >= 0.3 is 6.01 Å². The standard InChI is InChI=1S/C15H13N3O2S/c1-9-3-4-11(7-10(9)2)13(19)16-15-18-17-14(20-15)12-5-6-21-8-12/h3-8H,1-2H3,(H,16,18,19). The first-order valence-corrected chi connectivity index (χ1v) is 7.32. The van der Waals surface area contributed by atoms with Crippen LogP contribution in [-0.4, -0.2) is 16.1 Å². The van der Waals surface area contributed by atoms with Gasteiger partial charge in [-0.05, 0) is 48.6 Å². The van der Waals surface area contributed by atoms with Gasteiger partial charge in [0.05, 0.1) is 0 Å². The lowest BCUT2D eigenvalue weighted by Crippen LogP contribution is -2.12. The SMILES string of the molecule is Cc1ccc(C(=O)Nc2nnc(-c3ccsc3)o2)cc1C. The van der Waals surface area contributed by atoms with Crippen LogP contribution in [0.1, 0.15) is 21.5 Å². The lowest BCUT2D eigenvalue weighted by atomic mass is 10.1. The number of hydrogen-bond donors (Lipinski definition) is 1. The second kappa shape index (κ2) is 5.49. The van der Waals surface area contributed by atoms with Crippen molar-refractivity contribution in [3.63, 3.8) is 0 Å². The molecule has 0 saturated heterocycles. The summed E-state index contributed by atoms with van der Waals surface area (Å²) in [6.45, 7) is 3.97. The molecule has 5 nitrogen and oxygen atoms in total. The topological polar surface area (TPSA) is 68.0 Å². The van der Waals surface area contributed by atoms with Gasteiger partial charge in [0.15, 0.2) is 0 Å². The summed E-state index contributed by atoms with van der Waals surface area (Å²) in [5, 5.41) is 14.2. The summed E-state index contributed by atoms with van der Waals surface area (Å²) in [7, 11) is 0. The second-order valence-electron chi connectivity index (χ2n) is 4.68. The molecule has 1 amide bonds. The third-order valence-corrected chi connectivity index (χ3v) is 3.87. The van der Waals surface area contributed by atoms with E-state index in [1.807, 2.05) is 42.8 Å². The zero-order chi connectivity index (χ0) is 14.8. The highest BCUT2D eigenvalue weighted by molar-refractivity contribution is 7.08. The summed E-state index contributed by atoms with van der Waals surface area (Å²) < 4.78 is 5.43. The normalized spacial score (nSPS) is 10.6. The summed E-state index contributed by atoms with van der Waals surface area (Å²) in [5.41, 5.74) is 3.61. The van der Waals surface area contributed by atoms with Gasteiger partial charge in [0.2, 0.25) is 0 Å². The van der Waals surface area contributed by atoms with Crippen molar-refractivity contribution >= 4 is 23.3 Å². The molecule has 3 rings (SSSR count). The fraction of sp³-hybridized carbons (Fsp3) is 0.133. The molecule has 0 aliphatic carbocycles. The molecule has 0 aliphatic heterocycles. The van der Waals surface area contributed by atoms with Gasteiger partial charge in [-0.3, -0.25) is 10.1 Å². The smallest absolute Gasteiger partial charge is 0.322 e. The molecular formula is C15H13N3O2S. The van der Waals surface area contributed by atoms with Crippen LogP contribution in [-0.2, 0) is 0 Å². The Bertz CT molecular complexity index is 778. The van der Waals surface area contributed by atoms with Crippen LogP contribution in [0.4, 0.5) is 6.01 Å². The van der Waals surface area contributed by atoms with Gasteiger partial charge in [-0.15, -0.1) is 5.10 Å². The van der Waals surface area contributed by atoms with E-state index in [9.17, 15) is 4.79 Å². The van der Waals surface area contributed by atoms with Crippen molar-refractivity contribution in [2.75, 3.05) is 5.32 Å². The Balaban J connectivity index is 1.77. The minimum atomic E-state index is -0.265. The van der Waals surface area contributed by atoms with E-state index in [1.165, 1.54) is 0 Å². The van der Waals surface area contributed by atoms with Crippen molar-refractivity contribution in [3.05, 3.63) is 51.7 Å². The van der Waals surface area contributed by atoms with E-state index in [-0.39, 0.29) is 11.9 Å². The number of carbonyl (C=O) groups is 1. The Kier molecular flexibility index (Phi) is 3.53. The number of hydrogen-bond acceptors (Lipinski definition) is 5. The molecule has 0 spiro atoms. The average molecular weight is 299 g/mol. The Morgan fingerprint density at radius 1 is 1.19 bits per heavy atom. The largest absolute Gasteiger partial charge is 0.403 e. The number of amides is 1. The maximum absolute atomic E-state index is 12.1. The number of anilines is 1. The van der Waals surface area contributed by atoms with Crippen molar-refractivity contribution in [3.8, 4) is 11.5 Å². The number of carbonyl (C=O) groups excluding carboxylic acids is 1. The fourth-order valence-electron chi connectivity index (χ4n) is 1.83. The molecule has 1 aromatic carbocycles. The molecule has 106 valence electrons. The minimum absolute atomic E-state index is 0.0967. The molecule has 2 heterocycles. The zero-order valence-corrected chi connectivity index (χ0v) is 12.4. The van der Waals surface area contributed by atoms with Crippen molar-refractivity contribution < 1.29 is 9.21 Å². The van der Waals surface area contributed by atoms with E-state index in [2.05, 4.69) is 15.5 Å². The summed E-state index contributed by atoms with van der Waals surface area (Å²) in [6.07, 6.45) is 0. The van der Waals surface area contributed by atoms with Crippen LogP contribution in [0, 0.1) is 13.8 Å². The summed E-state index contributed by atoms with van der Waals surface area (Å²) in [5.74, 6) is 0.130. The Labute approximate surface area is 125 Å². The van der Waals surface area contributed by atoms with Gasteiger partial charge in [0.25, 0.3) is 11.8 Å². The van der Waals surface area contributed by atoms with Gasteiger partial charge in [-0.1, -0.05) is 11.2 Å². The highest BCUT2D eigenvalue weighted by Crippen LogP contribution is 2.22. The molecule has 0 saturated carbocycles. The van der Waals surface area contributed by atoms with Gasteiger partial charge in [0, 0.05) is 16.5 Å². The number of rotatable bonds is 3. The van der Waals surface area contributed by atoms with Crippen molar-refractivity contribution in [1.29, 1.82) is 0 Å². The lowest BCUT2D eigenvalue weighted by molar-refractivity contribution is 0.102. The molecule has 2 aromatic heterocycles. The van der Waals surface area contributed by atoms with Crippen LogP contribution in [0.25, 0.3) is 11.5 Å². The molecule has 21 heavy (non-hydrogen) atoms. The van der Waals surface area contributed by atoms with Crippen molar-refractivity contribution in [1.82, 2.24) is 10.2 Å². The third-order valence-electron chi connectivity index (χ3n) is 3.18. The number of nitrogens with zero attached hydrogens (tertiary/aromatic N) is 2. The van der Waals surface area contributed by atoms with Crippen LogP contribution in [0.15, 0.2) is 39.4 Å². The highest BCUT2D eigenvalue weighted by atomic mass is 32.1. The van der Waals surface area contributed by atoms with Crippen LogP contribution in [0.3, 0.4) is 0 Å². The Hall–Kier alpha value is -2.47. The van der Waals surface area contributed by atoms with Gasteiger partial charge in [-0.2, -0.15) is 11.3 Å². The van der Waals surface area contributed by atoms with Crippen LogP contribution < -0.4 is 5.32 Å². The molecule has 6 heteroatoms. The van der Waals surface area contributed by atoms with E-state index in [4.69, 9.17) is 4.42 Å². The number of nitrogens with one attached hydrogen (secondary N) is 1. The van der Waals surface area contributed by atoms with Crippen molar-refractivity contribution in [2.24, 2.45) is 0 Å². The number of benzene rings is 1. The first-order valence-electron chi connectivity index (χ1n) is 6.38. The first-order chi connectivity index (χ1) is 10.1. The average Bonchev–Trinajstić information content (AvgIpc) is 3.12. The summed E-state index contributed by atoms with van der Waals surface area (Å²) >= 11 is 1.54. The van der Waals surface area contributed by atoms with E-state index in [1.54, 1.807) is 17.4 Å². The maximum Gasteiger partial charge on any atom is 0.322 e. The molecule has 3 aromatic rings. The predicted molar refractivity (Wildman–Crippen MR) is 81.5 cm³/mol. The molecule has 0 bridgehead atoms. The highest BCUT2D eigenvalue weighted by Gasteiger charge is 2.13. The maximum atomic E-state index is 12.1. The van der Waals surface area contributed by atoms with E-state index in [0.717, 1.165) is 16.7 Å². The van der Waals surface area contributed by atoms with E-state index in [0.29, 0.717) is 11.5 Å². The second-order valence-corrected chi connectivity index (χ2v) is 5.46. The van der Waals surface area contributed by atoms with Crippen LogP contribution in [0.5, 0.6) is 0 Å². The van der Waals surface area contributed by atoms with E-state index < -0.39 is 0 Å². The van der Waals surface area contributed by atoms with Crippen LogP contribution in [0.2, 0.25) is 0 Å². The predicted octanol–water partition coefficient (Wildman–Crippen LogP) is 3.67. The minimum Gasteiger partial charge on any atom is -0.403 e. The zero-order valence-electron chi connectivity index (χ0n) is 11.6. The Morgan fingerprint density at radius 3 is 2.76 bits per heavy atom. The summed E-state index contributed by atoms with van der Waals surface area (Å²) in [4.78, 5) is 12.1. The quantitative estimate of drug-likeness (QED) is 0.801. The molecule has 0 radical (unpaired) electrons. The lowest BCUT2D eigenvalue weighted by Gasteiger charge is -2.04. The fourth-order valence-corrected chi connectivity index (χ4v) is 2.46. The molecule has 0 unspecified atom stereocenters. The van der Waals surface area contributed by atoms with Gasteiger partial charge in [-0.25, -0.2) is 0 Å². The van der Waals surface area contributed by atoms with Gasteiger partial charge < -0.3 is 4.42 Å². The number of aromatic nitrogens is 2. The first kappa shape index (κ1) is 13.5. The molecular weight excluding hydrogens is 286 g/mol. The summed E-state index contributed by atoms with van der Waals surface area (Å²) in [6, 6.07) is 7.50.